The standard InChI is InChI=1S/C31H37N4O2PS6/c1-19(2)25(20(3)11-10-14-41-31-35(6)34-29(40)44-31)17-38(37,24-12-8-7-9-13-24)27(36)26-21(4)15-23(16-22(26)5)18-42-30-33-32-28(39)43-30/h7-9,11-13,15-16,31H,10,14,17-18H2,1-6H3,(H,32,39)(H,34,40)/b20-11-. The second-order valence-electron chi connectivity index (χ2n) is 10.8. The Morgan fingerprint density at radius 2 is 1.82 bits per heavy atom. The molecule has 2 atom stereocenters. The molecule has 0 amide bonds. The summed E-state index contributed by atoms with van der Waals surface area (Å²) >= 11 is 17.0. The van der Waals surface area contributed by atoms with E-state index < -0.39 is 7.14 Å². The van der Waals surface area contributed by atoms with E-state index in [4.69, 9.17) is 24.4 Å². The van der Waals surface area contributed by atoms with Gasteiger partial charge in [0.1, 0.15) is 4.71 Å². The average molecular weight is 721 g/mol. The first-order valence-electron chi connectivity index (χ1n) is 14.0. The average Bonchev–Trinajstić information content (AvgIpc) is 3.55. The SMILES string of the molecule is CC(C)=C(CP(=O)(C(=O)c1c(C)cc(CSc2n[nH]c(=S)s2)cc1C)c1ccccc1)/C(C)=C\CCSC1SC(=S)NN1C. The van der Waals surface area contributed by atoms with Crippen LogP contribution in [0.3, 0.4) is 0 Å². The highest BCUT2D eigenvalue weighted by Gasteiger charge is 2.37. The van der Waals surface area contributed by atoms with Crippen LogP contribution in [-0.2, 0) is 10.3 Å². The fourth-order valence-electron chi connectivity index (χ4n) is 5.03. The molecular formula is C31H37N4O2PS6. The van der Waals surface area contributed by atoms with Crippen LogP contribution in [0.15, 0.2) is 69.6 Å². The van der Waals surface area contributed by atoms with Gasteiger partial charge in [0.2, 0.25) is 5.52 Å². The largest absolute Gasteiger partial charge is 0.310 e. The van der Waals surface area contributed by atoms with Gasteiger partial charge in [0, 0.05) is 29.8 Å². The number of hydrogen-bond donors (Lipinski definition) is 2. The molecule has 2 heterocycles. The highest BCUT2D eigenvalue weighted by Crippen LogP contribution is 2.51. The summed E-state index contributed by atoms with van der Waals surface area (Å²) in [5.74, 6) is 1.62. The molecule has 2 unspecified atom stereocenters. The second kappa shape index (κ2) is 15.9. The quantitative estimate of drug-likeness (QED) is 0.0587. The molecule has 0 spiro atoms. The Labute approximate surface area is 287 Å². The maximum absolute atomic E-state index is 15.1. The lowest BCUT2D eigenvalue weighted by Crippen LogP contribution is -2.32. The summed E-state index contributed by atoms with van der Waals surface area (Å²) in [5.41, 5.74) is 9.30. The Balaban J connectivity index is 1.58. The molecule has 1 aliphatic heterocycles. The number of hydrogen-bond acceptors (Lipinski definition) is 10. The number of allylic oxidation sites excluding steroid dienone is 4. The topological polar surface area (TPSA) is 78.1 Å². The molecule has 1 fully saturated rings. The van der Waals surface area contributed by atoms with Crippen LogP contribution in [0.4, 0.5) is 0 Å². The van der Waals surface area contributed by atoms with E-state index in [2.05, 4.69) is 28.6 Å². The van der Waals surface area contributed by atoms with Crippen molar-refractivity contribution in [3.8, 4) is 0 Å². The first-order valence-corrected chi connectivity index (χ1v) is 20.5. The number of carbonyl (C=O) groups excluding carboxylic acids is 1. The fourth-order valence-corrected chi connectivity index (χ4v) is 12.8. The Morgan fingerprint density at radius 3 is 2.39 bits per heavy atom. The van der Waals surface area contributed by atoms with E-state index in [1.54, 1.807) is 23.5 Å². The number of thiocarbonyl (C=S) groups is 1. The zero-order valence-corrected chi connectivity index (χ0v) is 31.4. The number of nitrogens with one attached hydrogen (secondary N) is 2. The predicted octanol–water partition coefficient (Wildman–Crippen LogP) is 9.10. The first kappa shape index (κ1) is 35.4. The van der Waals surface area contributed by atoms with E-state index in [1.807, 2.05) is 94.0 Å². The Kier molecular flexibility index (Phi) is 12.7. The Hall–Kier alpha value is -1.50. The molecule has 13 heteroatoms. The zero-order valence-electron chi connectivity index (χ0n) is 25.6. The summed E-state index contributed by atoms with van der Waals surface area (Å²) in [5, 5.41) is 9.67. The minimum absolute atomic E-state index is 0.188. The summed E-state index contributed by atoms with van der Waals surface area (Å²) in [7, 11) is -1.55. The smallest absolute Gasteiger partial charge is 0.226 e. The molecular weight excluding hydrogens is 684 g/mol. The van der Waals surface area contributed by atoms with Crippen LogP contribution in [0.25, 0.3) is 0 Å². The van der Waals surface area contributed by atoms with Gasteiger partial charge in [-0.25, -0.2) is 5.01 Å². The van der Waals surface area contributed by atoms with Crippen LogP contribution in [-0.4, -0.2) is 48.7 Å². The summed E-state index contributed by atoms with van der Waals surface area (Å²) in [4.78, 5) is 14.5. The minimum Gasteiger partial charge on any atom is -0.310 e. The van der Waals surface area contributed by atoms with Crippen molar-refractivity contribution < 1.29 is 9.36 Å². The molecule has 2 N–H and O–H groups in total. The van der Waals surface area contributed by atoms with Gasteiger partial charge in [-0.2, -0.15) is 5.10 Å². The summed E-state index contributed by atoms with van der Waals surface area (Å²) in [6, 6.07) is 13.3. The number of rotatable bonds is 13. The molecule has 3 aromatic rings. The molecule has 0 radical (unpaired) electrons. The van der Waals surface area contributed by atoms with Gasteiger partial charge in [-0.15, -0.1) is 11.8 Å². The highest BCUT2D eigenvalue weighted by atomic mass is 32.2. The van der Waals surface area contributed by atoms with Crippen LogP contribution >= 0.6 is 78.2 Å². The normalized spacial score (nSPS) is 16.9. The Bertz CT molecular complexity index is 1670. The maximum atomic E-state index is 15.1. The predicted molar refractivity (Wildman–Crippen MR) is 200 cm³/mol. The number of hydrazine groups is 1. The lowest BCUT2D eigenvalue weighted by molar-refractivity contribution is 0.107. The third-order valence-corrected chi connectivity index (χ3v) is 15.2. The minimum atomic E-state index is -3.55. The maximum Gasteiger partial charge on any atom is 0.226 e. The van der Waals surface area contributed by atoms with Gasteiger partial charge in [0.15, 0.2) is 19.8 Å². The number of H-pyrrole nitrogens is 1. The van der Waals surface area contributed by atoms with Gasteiger partial charge >= 0.3 is 0 Å². The molecule has 44 heavy (non-hydrogen) atoms. The summed E-state index contributed by atoms with van der Waals surface area (Å²) < 4.78 is 17.7. The fraction of sp³-hybridized carbons (Fsp3) is 0.355. The van der Waals surface area contributed by atoms with Crippen molar-refractivity contribution in [3.63, 3.8) is 0 Å². The molecule has 6 nitrogen and oxygen atoms in total. The molecule has 4 rings (SSSR count). The van der Waals surface area contributed by atoms with Crippen LogP contribution in [0.5, 0.6) is 0 Å². The van der Waals surface area contributed by atoms with Crippen molar-refractivity contribution in [1.29, 1.82) is 0 Å². The molecule has 234 valence electrons. The third kappa shape index (κ3) is 8.85. The van der Waals surface area contributed by atoms with Gasteiger partial charge in [-0.1, -0.05) is 107 Å². The number of thioether (sulfide) groups is 3. The first-order chi connectivity index (χ1) is 20.9. The van der Waals surface area contributed by atoms with Gasteiger partial charge < -0.3 is 9.99 Å². The second-order valence-corrected chi connectivity index (χ2v) is 19.6. The molecule has 0 saturated carbocycles. The summed E-state index contributed by atoms with van der Waals surface area (Å²) in [6.45, 7) is 10.0. The number of nitrogens with zero attached hydrogens (tertiary/aromatic N) is 2. The molecule has 1 aliphatic rings. The van der Waals surface area contributed by atoms with Gasteiger partial charge in [-0.3, -0.25) is 9.89 Å². The molecule has 0 aliphatic carbocycles. The molecule has 1 saturated heterocycles. The van der Waals surface area contributed by atoms with Crippen LogP contribution in [0.1, 0.15) is 54.2 Å². The van der Waals surface area contributed by atoms with Crippen molar-refractivity contribution in [2.45, 2.75) is 55.8 Å². The molecule has 0 bridgehead atoms. The van der Waals surface area contributed by atoms with E-state index >= 15 is 4.57 Å². The zero-order chi connectivity index (χ0) is 32.0. The number of aryl methyl sites for hydroxylation is 2. The van der Waals surface area contributed by atoms with Crippen molar-refractivity contribution in [2.24, 2.45) is 0 Å². The number of aromatic amines is 1. The van der Waals surface area contributed by atoms with Crippen LogP contribution in [0.2, 0.25) is 0 Å². The van der Waals surface area contributed by atoms with Crippen molar-refractivity contribution in [3.05, 3.63) is 91.5 Å². The van der Waals surface area contributed by atoms with E-state index in [9.17, 15) is 4.79 Å². The Morgan fingerprint density at radius 1 is 1.14 bits per heavy atom. The van der Waals surface area contributed by atoms with Gasteiger partial charge in [0.25, 0.3) is 0 Å². The van der Waals surface area contributed by atoms with E-state index in [-0.39, 0.29) is 16.4 Å². The van der Waals surface area contributed by atoms with E-state index in [0.29, 0.717) is 20.6 Å². The van der Waals surface area contributed by atoms with Gasteiger partial charge in [-0.05, 0) is 81.3 Å². The van der Waals surface area contributed by atoms with Crippen molar-refractivity contribution in [2.75, 3.05) is 19.0 Å². The lowest BCUT2D eigenvalue weighted by atomic mass is 10.0. The van der Waals surface area contributed by atoms with Crippen LogP contribution < -0.4 is 10.7 Å². The monoisotopic (exact) mass is 720 g/mol. The number of aromatic nitrogens is 2. The number of carbonyl (C=O) groups is 1. The third-order valence-electron chi connectivity index (χ3n) is 7.17. The highest BCUT2D eigenvalue weighted by molar-refractivity contribution is 8.30. The molecule has 2 aromatic carbocycles. The molecule has 1 aromatic heterocycles. The van der Waals surface area contributed by atoms with E-state index in [0.717, 1.165) is 54.2 Å². The lowest BCUT2D eigenvalue weighted by Gasteiger charge is -2.23. The summed E-state index contributed by atoms with van der Waals surface area (Å²) in [6.07, 6.45) is 3.26. The number of benzene rings is 2. The van der Waals surface area contributed by atoms with E-state index in [1.165, 1.54) is 11.3 Å². The van der Waals surface area contributed by atoms with Crippen LogP contribution in [0, 0.1) is 17.8 Å². The van der Waals surface area contributed by atoms with Crippen molar-refractivity contribution >= 4 is 93.3 Å². The van der Waals surface area contributed by atoms with Gasteiger partial charge in [0.05, 0.1) is 0 Å². The van der Waals surface area contributed by atoms with Crippen molar-refractivity contribution in [1.82, 2.24) is 20.6 Å².